The lowest BCUT2D eigenvalue weighted by Crippen LogP contribution is -2.31. The van der Waals surface area contributed by atoms with Crippen molar-refractivity contribution in [3.8, 4) is 11.1 Å². The molecular formula is C19H21N5O. The molecule has 0 bridgehead atoms. The molecule has 0 aliphatic rings. The number of carbonyl (C=O) groups is 1. The van der Waals surface area contributed by atoms with Crippen LogP contribution in [0.5, 0.6) is 0 Å². The van der Waals surface area contributed by atoms with Gasteiger partial charge in [0.25, 0.3) is 0 Å². The van der Waals surface area contributed by atoms with E-state index in [4.69, 9.17) is 0 Å². The molecule has 2 heterocycles. The van der Waals surface area contributed by atoms with E-state index in [1.54, 1.807) is 12.4 Å². The number of nitrogens with zero attached hydrogens (tertiary/aromatic N) is 3. The van der Waals surface area contributed by atoms with E-state index in [0.717, 1.165) is 22.4 Å². The van der Waals surface area contributed by atoms with Gasteiger partial charge in [-0.1, -0.05) is 6.07 Å². The zero-order valence-corrected chi connectivity index (χ0v) is 14.4. The SMILES string of the molecule is Cc1ccc(NC(=O)NCCn2cc(-c3ccncc3)cn2)cc1C. The second-order valence-electron chi connectivity index (χ2n) is 5.91. The van der Waals surface area contributed by atoms with Crippen LogP contribution in [0.15, 0.2) is 55.1 Å². The van der Waals surface area contributed by atoms with Gasteiger partial charge in [-0.3, -0.25) is 9.67 Å². The van der Waals surface area contributed by atoms with E-state index in [1.165, 1.54) is 5.56 Å². The molecule has 3 aromatic rings. The minimum atomic E-state index is -0.218. The van der Waals surface area contributed by atoms with Crippen molar-refractivity contribution in [3.05, 3.63) is 66.2 Å². The van der Waals surface area contributed by atoms with E-state index in [1.807, 2.05) is 61.3 Å². The van der Waals surface area contributed by atoms with Gasteiger partial charge in [0, 0.05) is 36.4 Å². The van der Waals surface area contributed by atoms with E-state index in [2.05, 4.69) is 20.7 Å². The van der Waals surface area contributed by atoms with Crippen LogP contribution in [0.1, 0.15) is 11.1 Å². The third kappa shape index (κ3) is 4.44. The van der Waals surface area contributed by atoms with Crippen LogP contribution in [0.2, 0.25) is 0 Å². The summed E-state index contributed by atoms with van der Waals surface area (Å²) >= 11 is 0. The minimum absolute atomic E-state index is 0.218. The van der Waals surface area contributed by atoms with Crippen LogP contribution in [0, 0.1) is 13.8 Å². The molecule has 25 heavy (non-hydrogen) atoms. The van der Waals surface area contributed by atoms with Crippen molar-refractivity contribution in [2.45, 2.75) is 20.4 Å². The van der Waals surface area contributed by atoms with Crippen LogP contribution in [0.3, 0.4) is 0 Å². The molecule has 0 saturated carbocycles. The molecule has 6 nitrogen and oxygen atoms in total. The number of urea groups is 1. The first-order valence-corrected chi connectivity index (χ1v) is 8.17. The lowest BCUT2D eigenvalue weighted by atomic mass is 10.1. The lowest BCUT2D eigenvalue weighted by Gasteiger charge is -2.09. The van der Waals surface area contributed by atoms with Gasteiger partial charge < -0.3 is 10.6 Å². The van der Waals surface area contributed by atoms with Gasteiger partial charge in [0.1, 0.15) is 0 Å². The Balaban J connectivity index is 1.48. The standard InChI is InChI=1S/C19H21N5O/c1-14-3-4-18(11-15(14)2)23-19(25)21-9-10-24-13-17(12-22-24)16-5-7-20-8-6-16/h3-8,11-13H,9-10H2,1-2H3,(H2,21,23,25). The number of anilines is 1. The highest BCUT2D eigenvalue weighted by molar-refractivity contribution is 5.89. The summed E-state index contributed by atoms with van der Waals surface area (Å²) < 4.78 is 1.81. The Labute approximate surface area is 146 Å². The molecule has 3 rings (SSSR count). The van der Waals surface area contributed by atoms with Gasteiger partial charge in [0.15, 0.2) is 0 Å². The van der Waals surface area contributed by atoms with Crippen LogP contribution in [0.25, 0.3) is 11.1 Å². The first kappa shape index (κ1) is 16.7. The summed E-state index contributed by atoms with van der Waals surface area (Å²) in [6.07, 6.45) is 7.28. The Morgan fingerprint density at radius 2 is 1.88 bits per heavy atom. The predicted molar refractivity (Wildman–Crippen MR) is 98.4 cm³/mol. The molecule has 0 atom stereocenters. The smallest absolute Gasteiger partial charge is 0.319 e. The molecule has 6 heteroatoms. The summed E-state index contributed by atoms with van der Waals surface area (Å²) in [6.45, 7) is 5.17. The van der Waals surface area contributed by atoms with Crippen molar-refractivity contribution < 1.29 is 4.79 Å². The summed E-state index contributed by atoms with van der Waals surface area (Å²) in [6, 6.07) is 9.52. The largest absolute Gasteiger partial charge is 0.336 e. The average Bonchev–Trinajstić information content (AvgIpc) is 3.08. The molecular weight excluding hydrogens is 314 g/mol. The van der Waals surface area contributed by atoms with Crippen molar-refractivity contribution in [1.82, 2.24) is 20.1 Å². The number of nitrogens with one attached hydrogen (secondary N) is 2. The summed E-state index contributed by atoms with van der Waals surface area (Å²) in [4.78, 5) is 16.0. The monoisotopic (exact) mass is 335 g/mol. The van der Waals surface area contributed by atoms with E-state index >= 15 is 0 Å². The molecule has 0 radical (unpaired) electrons. The van der Waals surface area contributed by atoms with Gasteiger partial charge in [0.2, 0.25) is 0 Å². The Hall–Kier alpha value is -3.15. The van der Waals surface area contributed by atoms with Crippen molar-refractivity contribution in [2.75, 3.05) is 11.9 Å². The van der Waals surface area contributed by atoms with Crippen molar-refractivity contribution >= 4 is 11.7 Å². The number of benzene rings is 1. The van der Waals surface area contributed by atoms with E-state index < -0.39 is 0 Å². The van der Waals surface area contributed by atoms with Crippen LogP contribution in [-0.4, -0.2) is 27.3 Å². The highest BCUT2D eigenvalue weighted by Crippen LogP contribution is 2.16. The van der Waals surface area contributed by atoms with Gasteiger partial charge in [0.05, 0.1) is 12.7 Å². The normalized spacial score (nSPS) is 10.5. The number of carbonyl (C=O) groups excluding carboxylic acids is 1. The molecule has 0 fully saturated rings. The van der Waals surface area contributed by atoms with Crippen LogP contribution >= 0.6 is 0 Å². The zero-order valence-electron chi connectivity index (χ0n) is 14.4. The average molecular weight is 335 g/mol. The van der Waals surface area contributed by atoms with Gasteiger partial charge in [-0.05, 0) is 54.8 Å². The summed E-state index contributed by atoms with van der Waals surface area (Å²) in [7, 11) is 0. The Morgan fingerprint density at radius 1 is 1.08 bits per heavy atom. The predicted octanol–water partition coefficient (Wildman–Crippen LogP) is 3.38. The second-order valence-corrected chi connectivity index (χ2v) is 5.91. The summed E-state index contributed by atoms with van der Waals surface area (Å²) in [5.74, 6) is 0. The van der Waals surface area contributed by atoms with Crippen molar-refractivity contribution in [2.24, 2.45) is 0 Å². The summed E-state index contributed by atoms with van der Waals surface area (Å²) in [5.41, 5.74) is 5.25. The fraction of sp³-hybridized carbons (Fsp3) is 0.211. The van der Waals surface area contributed by atoms with Crippen molar-refractivity contribution in [3.63, 3.8) is 0 Å². The van der Waals surface area contributed by atoms with Gasteiger partial charge in [-0.25, -0.2) is 4.79 Å². The highest BCUT2D eigenvalue weighted by atomic mass is 16.2. The Morgan fingerprint density at radius 3 is 2.64 bits per heavy atom. The number of aromatic nitrogens is 3. The van der Waals surface area contributed by atoms with E-state index in [9.17, 15) is 4.79 Å². The molecule has 0 aliphatic carbocycles. The third-order valence-electron chi connectivity index (χ3n) is 4.04. The van der Waals surface area contributed by atoms with Gasteiger partial charge in [-0.2, -0.15) is 5.10 Å². The molecule has 0 aliphatic heterocycles. The fourth-order valence-corrected chi connectivity index (χ4v) is 2.46. The molecule has 0 spiro atoms. The lowest BCUT2D eigenvalue weighted by molar-refractivity contribution is 0.251. The van der Waals surface area contributed by atoms with Crippen LogP contribution in [0.4, 0.5) is 10.5 Å². The Kier molecular flexibility index (Phi) is 5.09. The van der Waals surface area contributed by atoms with Gasteiger partial charge >= 0.3 is 6.03 Å². The maximum Gasteiger partial charge on any atom is 0.319 e. The van der Waals surface area contributed by atoms with E-state index in [-0.39, 0.29) is 6.03 Å². The Bertz CT molecular complexity index is 857. The highest BCUT2D eigenvalue weighted by Gasteiger charge is 2.04. The summed E-state index contributed by atoms with van der Waals surface area (Å²) in [5, 5.41) is 10.0. The number of aryl methyl sites for hydroxylation is 2. The number of hydrogen-bond donors (Lipinski definition) is 2. The maximum absolute atomic E-state index is 12.0. The first-order chi connectivity index (χ1) is 12.1. The molecule has 1 aromatic carbocycles. The van der Waals surface area contributed by atoms with Crippen molar-refractivity contribution in [1.29, 1.82) is 0 Å². The quantitative estimate of drug-likeness (QED) is 0.751. The number of amides is 2. The van der Waals surface area contributed by atoms with Crippen LogP contribution < -0.4 is 10.6 Å². The molecule has 0 unspecified atom stereocenters. The minimum Gasteiger partial charge on any atom is -0.336 e. The fourth-order valence-electron chi connectivity index (χ4n) is 2.46. The maximum atomic E-state index is 12.0. The number of rotatable bonds is 5. The van der Waals surface area contributed by atoms with Crippen LogP contribution in [-0.2, 0) is 6.54 Å². The molecule has 2 amide bonds. The topological polar surface area (TPSA) is 71.8 Å². The van der Waals surface area contributed by atoms with Gasteiger partial charge in [-0.15, -0.1) is 0 Å². The van der Waals surface area contributed by atoms with E-state index in [0.29, 0.717) is 13.1 Å². The molecule has 0 saturated heterocycles. The third-order valence-corrected chi connectivity index (χ3v) is 4.04. The second kappa shape index (κ2) is 7.61. The first-order valence-electron chi connectivity index (χ1n) is 8.17. The zero-order chi connectivity index (χ0) is 17.6. The molecule has 128 valence electrons. The number of pyridine rings is 1. The molecule has 2 aromatic heterocycles. The molecule has 2 N–H and O–H groups in total. The number of hydrogen-bond acceptors (Lipinski definition) is 3.